The van der Waals surface area contributed by atoms with Gasteiger partial charge >= 0.3 is 0 Å². The summed E-state index contributed by atoms with van der Waals surface area (Å²) in [7, 11) is 0. The quantitative estimate of drug-likeness (QED) is 0.629. The average Bonchev–Trinajstić information content (AvgIpc) is 2.39. The third-order valence-electron chi connectivity index (χ3n) is 3.30. The first-order valence-electron chi connectivity index (χ1n) is 6.64. The summed E-state index contributed by atoms with van der Waals surface area (Å²) in [6.07, 6.45) is 3.68. The minimum Gasteiger partial charge on any atom is -0.369 e. The van der Waals surface area contributed by atoms with Crippen molar-refractivity contribution in [2.75, 3.05) is 11.4 Å². The molecule has 0 aliphatic heterocycles. The van der Waals surface area contributed by atoms with Crippen LogP contribution in [-0.4, -0.2) is 12.6 Å². The first-order chi connectivity index (χ1) is 8.22. The summed E-state index contributed by atoms with van der Waals surface area (Å²) in [5.41, 5.74) is 2.51. The van der Waals surface area contributed by atoms with Crippen molar-refractivity contribution >= 4 is 17.3 Å². The molecule has 0 N–H and O–H groups in total. The Balaban J connectivity index is 2.79. The van der Waals surface area contributed by atoms with Gasteiger partial charge in [0, 0.05) is 24.2 Å². The first-order valence-corrected chi connectivity index (χ1v) is 7.17. The minimum atomic E-state index is 0.596. The van der Waals surface area contributed by atoms with E-state index in [0.29, 0.717) is 11.9 Å². The van der Waals surface area contributed by atoms with Crippen LogP contribution >= 0.6 is 11.6 Å². The predicted octanol–water partition coefficient (Wildman–Crippen LogP) is 4.83. The molecule has 17 heavy (non-hydrogen) atoms. The normalized spacial score (nSPS) is 12.5. The van der Waals surface area contributed by atoms with Gasteiger partial charge in [0.05, 0.1) is 0 Å². The maximum absolute atomic E-state index is 5.82. The van der Waals surface area contributed by atoms with Crippen LogP contribution in [-0.2, 0) is 5.88 Å². The van der Waals surface area contributed by atoms with Crippen LogP contribution in [0.4, 0.5) is 5.69 Å². The number of benzene rings is 1. The van der Waals surface area contributed by atoms with E-state index in [1.165, 1.54) is 30.5 Å². The van der Waals surface area contributed by atoms with Crippen molar-refractivity contribution in [3.63, 3.8) is 0 Å². The Morgan fingerprint density at radius 3 is 2.29 bits per heavy atom. The molecule has 1 atom stereocenters. The number of halogens is 1. The zero-order chi connectivity index (χ0) is 12.7. The number of nitrogens with zero attached hydrogens (tertiary/aromatic N) is 1. The summed E-state index contributed by atoms with van der Waals surface area (Å²) >= 11 is 5.82. The number of anilines is 1. The van der Waals surface area contributed by atoms with Crippen molar-refractivity contribution in [1.29, 1.82) is 0 Å². The Morgan fingerprint density at radius 1 is 1.18 bits per heavy atom. The van der Waals surface area contributed by atoms with E-state index >= 15 is 0 Å². The fourth-order valence-electron chi connectivity index (χ4n) is 1.93. The molecule has 0 amide bonds. The topological polar surface area (TPSA) is 3.24 Å². The van der Waals surface area contributed by atoms with Gasteiger partial charge in [-0.15, -0.1) is 11.6 Å². The molecule has 1 aromatic rings. The molecule has 1 aromatic carbocycles. The van der Waals surface area contributed by atoms with Gasteiger partial charge < -0.3 is 4.90 Å². The summed E-state index contributed by atoms with van der Waals surface area (Å²) in [5, 5.41) is 0. The van der Waals surface area contributed by atoms with E-state index in [0.717, 1.165) is 6.54 Å². The van der Waals surface area contributed by atoms with Crippen molar-refractivity contribution in [2.45, 2.75) is 52.0 Å². The molecular formula is C15H24ClN. The van der Waals surface area contributed by atoms with E-state index in [1.807, 2.05) is 0 Å². The molecule has 0 heterocycles. The summed E-state index contributed by atoms with van der Waals surface area (Å²) in [6, 6.07) is 9.25. The Hall–Kier alpha value is -0.690. The Kier molecular flexibility index (Phi) is 6.43. The number of unbranched alkanes of at least 4 members (excludes halogenated alkanes) is 1. The van der Waals surface area contributed by atoms with Crippen LogP contribution in [0, 0.1) is 0 Å². The highest BCUT2D eigenvalue weighted by molar-refractivity contribution is 6.17. The van der Waals surface area contributed by atoms with Crippen LogP contribution in [0.1, 0.15) is 45.6 Å². The molecule has 0 fully saturated rings. The van der Waals surface area contributed by atoms with Crippen LogP contribution < -0.4 is 4.90 Å². The molecule has 0 radical (unpaired) electrons. The lowest BCUT2D eigenvalue weighted by molar-refractivity contribution is 0.596. The minimum absolute atomic E-state index is 0.596. The highest BCUT2D eigenvalue weighted by Gasteiger charge is 2.11. The van der Waals surface area contributed by atoms with E-state index in [1.54, 1.807) is 0 Å². The number of hydrogen-bond acceptors (Lipinski definition) is 1. The molecule has 1 nitrogen and oxygen atoms in total. The van der Waals surface area contributed by atoms with Gasteiger partial charge in [-0.3, -0.25) is 0 Å². The smallest absolute Gasteiger partial charge is 0.0474 e. The van der Waals surface area contributed by atoms with E-state index in [-0.39, 0.29) is 0 Å². The highest BCUT2D eigenvalue weighted by atomic mass is 35.5. The van der Waals surface area contributed by atoms with E-state index in [4.69, 9.17) is 11.6 Å². The SMILES string of the molecule is CCCCN(c1ccc(CCl)cc1)C(C)CC. The fourth-order valence-corrected chi connectivity index (χ4v) is 2.11. The molecule has 2 heteroatoms. The lowest BCUT2D eigenvalue weighted by Crippen LogP contribution is -2.33. The summed E-state index contributed by atoms with van der Waals surface area (Å²) in [6.45, 7) is 7.93. The molecule has 1 rings (SSSR count). The molecular weight excluding hydrogens is 230 g/mol. The van der Waals surface area contributed by atoms with Crippen molar-refractivity contribution in [1.82, 2.24) is 0 Å². The maximum atomic E-state index is 5.82. The summed E-state index contributed by atoms with van der Waals surface area (Å²) in [5.74, 6) is 0.596. The van der Waals surface area contributed by atoms with Crippen LogP contribution in [0.3, 0.4) is 0 Å². The fraction of sp³-hybridized carbons (Fsp3) is 0.600. The number of rotatable bonds is 7. The highest BCUT2D eigenvalue weighted by Crippen LogP contribution is 2.20. The van der Waals surface area contributed by atoms with Gasteiger partial charge in [0.1, 0.15) is 0 Å². The second-order valence-electron chi connectivity index (χ2n) is 4.60. The van der Waals surface area contributed by atoms with Crippen LogP contribution in [0.25, 0.3) is 0 Å². The number of alkyl halides is 1. The van der Waals surface area contributed by atoms with E-state index in [9.17, 15) is 0 Å². The third kappa shape index (κ3) is 4.23. The molecule has 0 saturated heterocycles. The molecule has 0 aromatic heterocycles. The zero-order valence-electron chi connectivity index (χ0n) is 11.2. The molecule has 1 unspecified atom stereocenters. The lowest BCUT2D eigenvalue weighted by Gasteiger charge is -2.31. The summed E-state index contributed by atoms with van der Waals surface area (Å²) < 4.78 is 0. The second kappa shape index (κ2) is 7.60. The van der Waals surface area contributed by atoms with Crippen LogP contribution in [0.5, 0.6) is 0 Å². The lowest BCUT2D eigenvalue weighted by atomic mass is 10.1. The zero-order valence-corrected chi connectivity index (χ0v) is 12.0. The number of hydrogen-bond donors (Lipinski definition) is 0. The van der Waals surface area contributed by atoms with E-state index in [2.05, 4.69) is 49.9 Å². The Bertz CT molecular complexity index is 307. The summed E-state index contributed by atoms with van der Waals surface area (Å²) in [4.78, 5) is 2.50. The standard InChI is InChI=1S/C15H24ClN/c1-4-6-11-17(13(3)5-2)15-9-7-14(12-16)8-10-15/h7-10,13H,4-6,11-12H2,1-3H3. The van der Waals surface area contributed by atoms with Crippen molar-refractivity contribution in [3.8, 4) is 0 Å². The third-order valence-corrected chi connectivity index (χ3v) is 3.61. The molecule has 0 spiro atoms. The maximum Gasteiger partial charge on any atom is 0.0474 e. The van der Waals surface area contributed by atoms with Gasteiger partial charge in [-0.05, 0) is 37.5 Å². The Labute approximate surface area is 111 Å². The molecule has 96 valence electrons. The van der Waals surface area contributed by atoms with Gasteiger partial charge in [0.2, 0.25) is 0 Å². The van der Waals surface area contributed by atoms with E-state index < -0.39 is 0 Å². The molecule has 0 aliphatic carbocycles. The van der Waals surface area contributed by atoms with Gasteiger partial charge in [-0.1, -0.05) is 32.4 Å². The average molecular weight is 254 g/mol. The predicted molar refractivity (Wildman–Crippen MR) is 78.0 cm³/mol. The van der Waals surface area contributed by atoms with Gasteiger partial charge in [0.15, 0.2) is 0 Å². The van der Waals surface area contributed by atoms with Crippen LogP contribution in [0.15, 0.2) is 24.3 Å². The van der Waals surface area contributed by atoms with Crippen molar-refractivity contribution in [3.05, 3.63) is 29.8 Å². The Morgan fingerprint density at radius 2 is 1.82 bits per heavy atom. The molecule has 0 aliphatic rings. The van der Waals surface area contributed by atoms with Crippen molar-refractivity contribution in [2.24, 2.45) is 0 Å². The van der Waals surface area contributed by atoms with Crippen LogP contribution in [0.2, 0.25) is 0 Å². The first kappa shape index (κ1) is 14.4. The van der Waals surface area contributed by atoms with Crippen molar-refractivity contribution < 1.29 is 0 Å². The second-order valence-corrected chi connectivity index (χ2v) is 4.87. The molecule has 0 bridgehead atoms. The molecule has 0 saturated carbocycles. The largest absolute Gasteiger partial charge is 0.369 e. The van der Waals surface area contributed by atoms with Gasteiger partial charge in [-0.25, -0.2) is 0 Å². The van der Waals surface area contributed by atoms with Gasteiger partial charge in [0.25, 0.3) is 0 Å². The van der Waals surface area contributed by atoms with Gasteiger partial charge in [-0.2, -0.15) is 0 Å². The monoisotopic (exact) mass is 253 g/mol.